The lowest BCUT2D eigenvalue weighted by molar-refractivity contribution is -0.119. The summed E-state index contributed by atoms with van der Waals surface area (Å²) in [5.74, 6) is 0.522. The van der Waals surface area contributed by atoms with E-state index in [-0.39, 0.29) is 0 Å². The van der Waals surface area contributed by atoms with Crippen molar-refractivity contribution in [3.05, 3.63) is 24.3 Å². The number of hydrogen-bond acceptors (Lipinski definition) is 1. The Bertz CT molecular complexity index is 602. The molecule has 0 rings (SSSR count). The van der Waals surface area contributed by atoms with Crippen molar-refractivity contribution in [3.63, 3.8) is 0 Å². The van der Waals surface area contributed by atoms with Crippen LogP contribution in [0.4, 0.5) is 0 Å². The van der Waals surface area contributed by atoms with E-state index in [1.807, 2.05) is 0 Å². The Morgan fingerprint density at radius 3 is 0.733 bits per heavy atom. The minimum absolute atomic E-state index is 0.522. The van der Waals surface area contributed by atoms with Gasteiger partial charge < -0.3 is 0 Å². The van der Waals surface area contributed by atoms with Crippen LogP contribution in [0.25, 0.3) is 0 Å². The van der Waals surface area contributed by atoms with Gasteiger partial charge in [-0.2, -0.15) is 0 Å². The molecule has 0 N–H and O–H groups in total. The van der Waals surface area contributed by atoms with E-state index in [4.69, 9.17) is 0 Å². The predicted octanol–water partition coefficient (Wildman–Crippen LogP) is 16.1. The summed E-state index contributed by atoms with van der Waals surface area (Å²) < 4.78 is 0. The molecule has 0 aromatic carbocycles. The molecule has 0 aromatic rings. The summed E-state index contributed by atoms with van der Waals surface area (Å²) in [6.07, 6.45) is 58.9. The van der Waals surface area contributed by atoms with Crippen LogP contribution in [0.5, 0.6) is 0 Å². The fourth-order valence-corrected chi connectivity index (χ4v) is 6.50. The number of carbonyl (C=O) groups excluding carboxylic acids is 1. The van der Waals surface area contributed by atoms with E-state index in [1.165, 1.54) is 212 Å². The second-order valence-electron chi connectivity index (χ2n) is 14.4. The van der Waals surface area contributed by atoms with Gasteiger partial charge in [0, 0.05) is 12.8 Å². The van der Waals surface area contributed by atoms with Gasteiger partial charge in [0.1, 0.15) is 5.78 Å². The molecule has 0 aliphatic carbocycles. The van der Waals surface area contributed by atoms with Crippen LogP contribution >= 0.6 is 0 Å². The molecule has 1 nitrogen and oxygen atoms in total. The van der Waals surface area contributed by atoms with Crippen molar-refractivity contribution in [1.82, 2.24) is 0 Å². The number of Topliss-reactive ketones (excluding diaryl/α,β-unsaturated/α-hetero) is 1. The van der Waals surface area contributed by atoms with Gasteiger partial charge in [0.05, 0.1) is 0 Å². The second kappa shape index (κ2) is 41.2. The number of hydrogen-bond donors (Lipinski definition) is 0. The van der Waals surface area contributed by atoms with Crippen molar-refractivity contribution in [2.45, 2.75) is 251 Å². The van der Waals surface area contributed by atoms with E-state index in [1.54, 1.807) is 0 Å². The summed E-state index contributed by atoms with van der Waals surface area (Å²) >= 11 is 0. The quantitative estimate of drug-likeness (QED) is 0.0489. The summed E-state index contributed by atoms with van der Waals surface area (Å²) in [5.41, 5.74) is 0. The Morgan fingerprint density at radius 1 is 0.289 bits per heavy atom. The standard InChI is InChI=1S/C44H84O/c1-3-5-7-9-11-13-15-17-19-21-23-25-27-29-31-33-35-37-39-41-43-44(45)42-40-38-36-34-32-30-28-26-24-22-20-18-16-14-12-10-8-6-4-2/h17-20H,3-16,21-43H2,1-2H3. The Hall–Kier alpha value is -0.850. The maximum atomic E-state index is 12.2. The van der Waals surface area contributed by atoms with Crippen molar-refractivity contribution in [3.8, 4) is 0 Å². The Labute approximate surface area is 285 Å². The molecule has 0 aliphatic rings. The van der Waals surface area contributed by atoms with Gasteiger partial charge in [-0.3, -0.25) is 4.79 Å². The van der Waals surface area contributed by atoms with E-state index < -0.39 is 0 Å². The highest BCUT2D eigenvalue weighted by molar-refractivity contribution is 5.78. The van der Waals surface area contributed by atoms with Crippen molar-refractivity contribution in [2.75, 3.05) is 0 Å². The maximum Gasteiger partial charge on any atom is 0.132 e. The molecular weight excluding hydrogens is 544 g/mol. The Kier molecular flexibility index (Phi) is 40.4. The molecule has 45 heavy (non-hydrogen) atoms. The van der Waals surface area contributed by atoms with Crippen LogP contribution in [0.15, 0.2) is 24.3 Å². The molecule has 0 spiro atoms. The smallest absolute Gasteiger partial charge is 0.132 e. The third-order valence-corrected chi connectivity index (χ3v) is 9.68. The molecule has 0 heterocycles. The molecule has 0 atom stereocenters. The third-order valence-electron chi connectivity index (χ3n) is 9.68. The van der Waals surface area contributed by atoms with Crippen molar-refractivity contribution < 1.29 is 4.79 Å². The number of carbonyl (C=O) groups is 1. The van der Waals surface area contributed by atoms with Gasteiger partial charge in [-0.05, 0) is 64.2 Å². The van der Waals surface area contributed by atoms with E-state index in [9.17, 15) is 4.79 Å². The van der Waals surface area contributed by atoms with Crippen LogP contribution in [0, 0.1) is 0 Å². The molecule has 266 valence electrons. The fourth-order valence-electron chi connectivity index (χ4n) is 6.50. The minimum atomic E-state index is 0.522. The normalized spacial score (nSPS) is 11.9. The highest BCUT2D eigenvalue weighted by Crippen LogP contribution is 2.15. The zero-order chi connectivity index (χ0) is 32.6. The van der Waals surface area contributed by atoms with Gasteiger partial charge in [-0.15, -0.1) is 0 Å². The van der Waals surface area contributed by atoms with Crippen molar-refractivity contribution in [1.29, 1.82) is 0 Å². The van der Waals surface area contributed by atoms with Crippen LogP contribution in [0.2, 0.25) is 0 Å². The first-order chi connectivity index (χ1) is 22.3. The summed E-state index contributed by atoms with van der Waals surface area (Å²) in [6, 6.07) is 0. The average Bonchev–Trinajstić information content (AvgIpc) is 3.05. The average molecular weight is 629 g/mol. The SMILES string of the molecule is CCCCCCCCC=CCCCCCCCCCCCCC(=O)CCCCCCCCCCCC=CCCCCCCCC. The monoisotopic (exact) mass is 629 g/mol. The lowest BCUT2D eigenvalue weighted by Gasteiger charge is -2.04. The Morgan fingerprint density at radius 2 is 0.489 bits per heavy atom. The fraction of sp³-hybridized carbons (Fsp3) is 0.886. The summed E-state index contributed by atoms with van der Waals surface area (Å²) in [6.45, 7) is 4.58. The first kappa shape index (κ1) is 44.1. The van der Waals surface area contributed by atoms with Crippen molar-refractivity contribution >= 4 is 5.78 Å². The molecular formula is C44H84O. The number of allylic oxidation sites excluding steroid dienone is 4. The molecule has 0 aliphatic heterocycles. The summed E-state index contributed by atoms with van der Waals surface area (Å²) in [7, 11) is 0. The molecule has 1 heteroatoms. The number of unbranched alkanes of at least 4 members (excludes halogenated alkanes) is 31. The summed E-state index contributed by atoms with van der Waals surface area (Å²) in [4.78, 5) is 12.2. The lowest BCUT2D eigenvalue weighted by Crippen LogP contribution is -1.97. The second-order valence-corrected chi connectivity index (χ2v) is 14.4. The van der Waals surface area contributed by atoms with Crippen LogP contribution in [0.3, 0.4) is 0 Å². The molecule has 0 radical (unpaired) electrons. The van der Waals surface area contributed by atoms with Gasteiger partial charge in [-0.1, -0.05) is 199 Å². The van der Waals surface area contributed by atoms with Crippen LogP contribution < -0.4 is 0 Å². The van der Waals surface area contributed by atoms with Gasteiger partial charge in [-0.25, -0.2) is 0 Å². The van der Waals surface area contributed by atoms with Crippen molar-refractivity contribution in [2.24, 2.45) is 0 Å². The molecule has 0 fully saturated rings. The molecule has 0 aromatic heterocycles. The first-order valence-electron chi connectivity index (χ1n) is 21.1. The van der Waals surface area contributed by atoms with Gasteiger partial charge in [0.15, 0.2) is 0 Å². The number of rotatable bonds is 39. The molecule has 0 amide bonds. The van der Waals surface area contributed by atoms with E-state index >= 15 is 0 Å². The minimum Gasteiger partial charge on any atom is -0.300 e. The van der Waals surface area contributed by atoms with Crippen LogP contribution in [-0.2, 0) is 4.79 Å². The third kappa shape index (κ3) is 41.1. The van der Waals surface area contributed by atoms with Crippen LogP contribution in [-0.4, -0.2) is 5.78 Å². The zero-order valence-corrected chi connectivity index (χ0v) is 31.4. The lowest BCUT2D eigenvalue weighted by atomic mass is 10.0. The maximum absolute atomic E-state index is 12.2. The van der Waals surface area contributed by atoms with E-state index in [0.717, 1.165) is 25.7 Å². The Balaban J connectivity index is 3.20. The van der Waals surface area contributed by atoms with E-state index in [2.05, 4.69) is 38.2 Å². The molecule has 0 saturated heterocycles. The van der Waals surface area contributed by atoms with Crippen LogP contribution in [0.1, 0.15) is 251 Å². The van der Waals surface area contributed by atoms with E-state index in [0.29, 0.717) is 5.78 Å². The topological polar surface area (TPSA) is 17.1 Å². The largest absolute Gasteiger partial charge is 0.300 e. The highest BCUT2D eigenvalue weighted by atomic mass is 16.1. The predicted molar refractivity (Wildman–Crippen MR) is 205 cm³/mol. The highest BCUT2D eigenvalue weighted by Gasteiger charge is 2.02. The summed E-state index contributed by atoms with van der Waals surface area (Å²) in [5, 5.41) is 0. The van der Waals surface area contributed by atoms with Gasteiger partial charge in [0.2, 0.25) is 0 Å². The van der Waals surface area contributed by atoms with Gasteiger partial charge >= 0.3 is 0 Å². The van der Waals surface area contributed by atoms with Gasteiger partial charge in [0.25, 0.3) is 0 Å². The number of ketones is 1. The molecule has 0 bridgehead atoms. The molecule has 0 saturated carbocycles. The first-order valence-corrected chi connectivity index (χ1v) is 21.1. The molecule has 0 unspecified atom stereocenters. The zero-order valence-electron chi connectivity index (χ0n) is 31.4.